The van der Waals surface area contributed by atoms with Gasteiger partial charge in [0.1, 0.15) is 12.4 Å². The SMILES string of the molecule is O=C1CN=C(CSc2ccccc2Cl)N1. The van der Waals surface area contributed by atoms with E-state index in [1.165, 1.54) is 0 Å². The van der Waals surface area contributed by atoms with E-state index in [0.717, 1.165) is 15.8 Å². The van der Waals surface area contributed by atoms with Crippen molar-refractivity contribution in [1.29, 1.82) is 0 Å². The first-order valence-electron chi connectivity index (χ1n) is 4.46. The van der Waals surface area contributed by atoms with Crippen LogP contribution in [0.15, 0.2) is 34.2 Å². The van der Waals surface area contributed by atoms with Gasteiger partial charge in [-0.1, -0.05) is 23.7 Å². The minimum atomic E-state index is -0.0373. The van der Waals surface area contributed by atoms with Crippen molar-refractivity contribution in [3.63, 3.8) is 0 Å². The van der Waals surface area contributed by atoms with E-state index in [2.05, 4.69) is 10.3 Å². The number of nitrogens with zero attached hydrogens (tertiary/aromatic N) is 1. The highest BCUT2D eigenvalue weighted by Crippen LogP contribution is 2.26. The molecule has 1 aliphatic rings. The van der Waals surface area contributed by atoms with Crippen LogP contribution in [0.2, 0.25) is 5.02 Å². The Bertz CT molecular complexity index is 420. The molecule has 0 atom stereocenters. The fourth-order valence-corrected chi connectivity index (χ4v) is 2.33. The number of halogens is 1. The zero-order chi connectivity index (χ0) is 10.7. The van der Waals surface area contributed by atoms with Gasteiger partial charge in [-0.3, -0.25) is 9.79 Å². The van der Waals surface area contributed by atoms with Crippen molar-refractivity contribution in [3.05, 3.63) is 29.3 Å². The average Bonchev–Trinajstić information content (AvgIpc) is 2.63. The van der Waals surface area contributed by atoms with Gasteiger partial charge >= 0.3 is 0 Å². The zero-order valence-corrected chi connectivity index (χ0v) is 9.44. The standard InChI is InChI=1S/C10H9ClN2OS/c11-7-3-1-2-4-8(7)15-6-9-12-5-10(14)13-9/h1-4H,5-6H2,(H,12,13,14). The first-order chi connectivity index (χ1) is 7.25. The summed E-state index contributed by atoms with van der Waals surface area (Å²) >= 11 is 7.56. The molecular formula is C10H9ClN2OS. The second-order valence-corrected chi connectivity index (χ2v) is 4.45. The molecule has 1 aromatic carbocycles. The van der Waals surface area contributed by atoms with Crippen LogP contribution in [0.25, 0.3) is 0 Å². The fourth-order valence-electron chi connectivity index (χ4n) is 1.20. The van der Waals surface area contributed by atoms with E-state index in [1.807, 2.05) is 24.3 Å². The van der Waals surface area contributed by atoms with E-state index in [0.29, 0.717) is 5.75 Å². The van der Waals surface area contributed by atoms with Crippen LogP contribution in [0, 0.1) is 0 Å². The van der Waals surface area contributed by atoms with Crippen LogP contribution >= 0.6 is 23.4 Å². The number of nitrogens with one attached hydrogen (secondary N) is 1. The first kappa shape index (κ1) is 10.5. The van der Waals surface area contributed by atoms with Crippen molar-refractivity contribution in [2.75, 3.05) is 12.3 Å². The highest BCUT2D eigenvalue weighted by Gasteiger charge is 2.13. The summed E-state index contributed by atoms with van der Waals surface area (Å²) in [6, 6.07) is 7.62. The van der Waals surface area contributed by atoms with Gasteiger partial charge in [0.2, 0.25) is 5.91 Å². The molecule has 1 heterocycles. The van der Waals surface area contributed by atoms with Crippen molar-refractivity contribution in [1.82, 2.24) is 5.32 Å². The summed E-state index contributed by atoms with van der Waals surface area (Å²) in [6.07, 6.45) is 0. The molecular weight excluding hydrogens is 232 g/mol. The van der Waals surface area contributed by atoms with Crippen LogP contribution in [0.1, 0.15) is 0 Å². The first-order valence-corrected chi connectivity index (χ1v) is 5.82. The largest absolute Gasteiger partial charge is 0.312 e. The summed E-state index contributed by atoms with van der Waals surface area (Å²) in [5.74, 6) is 1.34. The number of thioether (sulfide) groups is 1. The van der Waals surface area contributed by atoms with Crippen molar-refractivity contribution < 1.29 is 4.79 Å². The number of carbonyl (C=O) groups excluding carboxylic acids is 1. The van der Waals surface area contributed by atoms with Crippen molar-refractivity contribution in [2.45, 2.75) is 4.90 Å². The Kier molecular flexibility index (Phi) is 3.28. The van der Waals surface area contributed by atoms with Gasteiger partial charge < -0.3 is 5.32 Å². The predicted octanol–water partition coefficient (Wildman–Crippen LogP) is 1.96. The molecule has 1 amide bonds. The van der Waals surface area contributed by atoms with Crippen LogP contribution < -0.4 is 5.32 Å². The minimum Gasteiger partial charge on any atom is -0.312 e. The van der Waals surface area contributed by atoms with Crippen LogP contribution in [0.4, 0.5) is 0 Å². The third kappa shape index (κ3) is 2.73. The van der Waals surface area contributed by atoms with Gasteiger partial charge in [0.15, 0.2) is 0 Å². The number of amides is 1. The molecule has 15 heavy (non-hydrogen) atoms. The second-order valence-electron chi connectivity index (χ2n) is 3.03. The van der Waals surface area contributed by atoms with E-state index in [1.54, 1.807) is 11.8 Å². The van der Waals surface area contributed by atoms with E-state index < -0.39 is 0 Å². The number of rotatable bonds is 3. The maximum Gasteiger partial charge on any atom is 0.247 e. The van der Waals surface area contributed by atoms with Gasteiger partial charge in [-0.15, -0.1) is 11.8 Å². The number of hydrogen-bond acceptors (Lipinski definition) is 3. The van der Waals surface area contributed by atoms with Crippen LogP contribution in [-0.2, 0) is 4.79 Å². The summed E-state index contributed by atoms with van der Waals surface area (Å²) in [7, 11) is 0. The Labute approximate surface area is 96.9 Å². The lowest BCUT2D eigenvalue weighted by molar-refractivity contribution is -0.117. The Morgan fingerprint density at radius 3 is 2.93 bits per heavy atom. The molecule has 0 aromatic heterocycles. The van der Waals surface area contributed by atoms with Gasteiger partial charge in [0, 0.05) is 4.90 Å². The summed E-state index contributed by atoms with van der Waals surface area (Å²) in [5.41, 5.74) is 0. The quantitative estimate of drug-likeness (QED) is 0.821. The van der Waals surface area contributed by atoms with E-state index in [-0.39, 0.29) is 12.5 Å². The summed E-state index contributed by atoms with van der Waals surface area (Å²) in [4.78, 5) is 15.9. The molecule has 5 heteroatoms. The molecule has 0 bridgehead atoms. The molecule has 0 fully saturated rings. The molecule has 78 valence electrons. The molecule has 2 rings (SSSR count). The molecule has 3 nitrogen and oxygen atoms in total. The summed E-state index contributed by atoms with van der Waals surface area (Å²) in [5, 5.41) is 3.42. The lowest BCUT2D eigenvalue weighted by atomic mass is 10.4. The summed E-state index contributed by atoms with van der Waals surface area (Å²) in [6.45, 7) is 0.248. The third-order valence-electron chi connectivity index (χ3n) is 1.90. The zero-order valence-electron chi connectivity index (χ0n) is 7.87. The Hall–Kier alpha value is -1.00. The number of carbonyl (C=O) groups is 1. The molecule has 1 aromatic rings. The molecule has 0 spiro atoms. The number of benzene rings is 1. The van der Waals surface area contributed by atoms with Crippen LogP contribution in [0.3, 0.4) is 0 Å². The summed E-state index contributed by atoms with van der Waals surface area (Å²) < 4.78 is 0. The van der Waals surface area contributed by atoms with E-state index in [4.69, 9.17) is 11.6 Å². The lowest BCUT2D eigenvalue weighted by Crippen LogP contribution is -2.25. The van der Waals surface area contributed by atoms with Crippen LogP contribution in [-0.4, -0.2) is 24.0 Å². The Morgan fingerprint density at radius 1 is 1.47 bits per heavy atom. The Morgan fingerprint density at radius 2 is 2.27 bits per heavy atom. The highest BCUT2D eigenvalue weighted by molar-refractivity contribution is 8.00. The monoisotopic (exact) mass is 240 g/mol. The molecule has 0 aliphatic carbocycles. The molecule has 0 radical (unpaired) electrons. The predicted molar refractivity (Wildman–Crippen MR) is 62.6 cm³/mol. The van der Waals surface area contributed by atoms with Gasteiger partial charge in [-0.2, -0.15) is 0 Å². The smallest absolute Gasteiger partial charge is 0.247 e. The van der Waals surface area contributed by atoms with Crippen molar-refractivity contribution in [3.8, 4) is 0 Å². The molecule has 0 saturated carbocycles. The van der Waals surface area contributed by atoms with Crippen molar-refractivity contribution in [2.24, 2.45) is 4.99 Å². The Balaban J connectivity index is 1.94. The maximum absolute atomic E-state index is 10.9. The van der Waals surface area contributed by atoms with Gasteiger partial charge in [-0.05, 0) is 12.1 Å². The topological polar surface area (TPSA) is 41.5 Å². The molecule has 0 saturated heterocycles. The second kappa shape index (κ2) is 4.68. The van der Waals surface area contributed by atoms with Gasteiger partial charge in [-0.25, -0.2) is 0 Å². The number of hydrogen-bond donors (Lipinski definition) is 1. The number of amidine groups is 1. The fraction of sp³-hybridized carbons (Fsp3) is 0.200. The van der Waals surface area contributed by atoms with Crippen LogP contribution in [0.5, 0.6) is 0 Å². The lowest BCUT2D eigenvalue weighted by Gasteiger charge is -2.03. The normalized spacial score (nSPS) is 15.0. The molecule has 1 aliphatic heterocycles. The average molecular weight is 241 g/mol. The van der Waals surface area contributed by atoms with Crippen molar-refractivity contribution >= 4 is 35.1 Å². The van der Waals surface area contributed by atoms with E-state index in [9.17, 15) is 4.79 Å². The van der Waals surface area contributed by atoms with E-state index >= 15 is 0 Å². The molecule has 1 N–H and O–H groups in total. The van der Waals surface area contributed by atoms with Gasteiger partial charge in [0.05, 0.1) is 10.8 Å². The highest BCUT2D eigenvalue weighted by atomic mass is 35.5. The molecule has 0 unspecified atom stereocenters. The minimum absolute atomic E-state index is 0.0373. The number of aliphatic imine (C=N–C) groups is 1. The third-order valence-corrected chi connectivity index (χ3v) is 3.42. The maximum atomic E-state index is 10.9. The van der Waals surface area contributed by atoms with Gasteiger partial charge in [0.25, 0.3) is 0 Å².